The van der Waals surface area contributed by atoms with Crippen molar-refractivity contribution in [1.29, 1.82) is 0 Å². The second-order valence-corrected chi connectivity index (χ2v) is 4.08. The minimum atomic E-state index is -0.754. The number of nitrogens with zero attached hydrogens (tertiary/aromatic N) is 3. The van der Waals surface area contributed by atoms with Crippen LogP contribution < -0.4 is 0 Å². The van der Waals surface area contributed by atoms with Crippen LogP contribution in [0.4, 0.5) is 5.69 Å². The van der Waals surface area contributed by atoms with Crippen molar-refractivity contribution in [3.05, 3.63) is 45.8 Å². The molecular formula is C12H13N3O4. The van der Waals surface area contributed by atoms with Crippen molar-refractivity contribution < 1.29 is 14.5 Å². The largest absolute Gasteiger partial charge is 0.464 e. The van der Waals surface area contributed by atoms with E-state index in [1.165, 1.54) is 11.8 Å². The summed E-state index contributed by atoms with van der Waals surface area (Å²) < 4.78 is 5.89. The standard InChI is InChI=1S/C12H13N3O4/c1-19-12(16)11-10(15(17)18)7-13-14(11)8-9-5-3-2-4-6-9/h2-3,5,7H,4,6,8H2,1H3. The van der Waals surface area contributed by atoms with Gasteiger partial charge in [0.2, 0.25) is 5.69 Å². The molecule has 1 aliphatic carbocycles. The van der Waals surface area contributed by atoms with Gasteiger partial charge in [-0.1, -0.05) is 18.2 Å². The van der Waals surface area contributed by atoms with Crippen LogP contribution in [0.15, 0.2) is 30.0 Å². The zero-order chi connectivity index (χ0) is 13.8. The maximum atomic E-state index is 11.6. The van der Waals surface area contributed by atoms with E-state index in [0.717, 1.165) is 24.6 Å². The Morgan fingerprint density at radius 1 is 1.63 bits per heavy atom. The van der Waals surface area contributed by atoms with Crippen molar-refractivity contribution in [3.63, 3.8) is 0 Å². The molecule has 0 N–H and O–H groups in total. The zero-order valence-corrected chi connectivity index (χ0v) is 10.4. The molecule has 0 atom stereocenters. The molecule has 1 aromatic heterocycles. The van der Waals surface area contributed by atoms with Gasteiger partial charge in [0.25, 0.3) is 0 Å². The van der Waals surface area contributed by atoms with E-state index in [2.05, 4.69) is 9.84 Å². The van der Waals surface area contributed by atoms with Crippen LogP contribution in [0.2, 0.25) is 0 Å². The van der Waals surface area contributed by atoms with Crippen molar-refractivity contribution in [2.24, 2.45) is 0 Å². The maximum Gasteiger partial charge on any atom is 0.363 e. The molecule has 0 aromatic carbocycles. The molecule has 2 rings (SSSR count). The molecule has 7 heteroatoms. The molecular weight excluding hydrogens is 250 g/mol. The highest BCUT2D eigenvalue weighted by Crippen LogP contribution is 2.21. The molecule has 0 aliphatic heterocycles. The van der Waals surface area contributed by atoms with Crippen LogP contribution in [0.3, 0.4) is 0 Å². The average molecular weight is 263 g/mol. The lowest BCUT2D eigenvalue weighted by atomic mass is 10.1. The summed E-state index contributed by atoms with van der Waals surface area (Å²) in [6, 6.07) is 0. The van der Waals surface area contributed by atoms with E-state index in [-0.39, 0.29) is 11.4 Å². The van der Waals surface area contributed by atoms with Gasteiger partial charge in [-0.05, 0) is 18.4 Å². The molecule has 19 heavy (non-hydrogen) atoms. The summed E-state index contributed by atoms with van der Waals surface area (Å²) in [5.74, 6) is -0.754. The fourth-order valence-corrected chi connectivity index (χ4v) is 1.91. The van der Waals surface area contributed by atoms with Crippen molar-refractivity contribution in [2.45, 2.75) is 19.4 Å². The number of hydrogen-bond acceptors (Lipinski definition) is 5. The zero-order valence-electron chi connectivity index (χ0n) is 10.4. The van der Waals surface area contributed by atoms with E-state index in [1.54, 1.807) is 0 Å². The molecule has 0 spiro atoms. The highest BCUT2D eigenvalue weighted by atomic mass is 16.6. The fourth-order valence-electron chi connectivity index (χ4n) is 1.91. The molecule has 0 saturated carbocycles. The summed E-state index contributed by atoms with van der Waals surface area (Å²) >= 11 is 0. The first kappa shape index (κ1) is 13.0. The molecule has 0 saturated heterocycles. The Hall–Kier alpha value is -2.44. The number of hydrogen-bond donors (Lipinski definition) is 0. The predicted molar refractivity (Wildman–Crippen MR) is 66.7 cm³/mol. The second-order valence-electron chi connectivity index (χ2n) is 4.08. The number of allylic oxidation sites excluding steroid dienone is 4. The summed E-state index contributed by atoms with van der Waals surface area (Å²) in [7, 11) is 1.19. The number of methoxy groups -OCH3 is 1. The van der Waals surface area contributed by atoms with Crippen LogP contribution in [0, 0.1) is 10.1 Å². The Labute approximate surface area is 109 Å². The van der Waals surface area contributed by atoms with Gasteiger partial charge in [0.05, 0.1) is 18.6 Å². The molecule has 0 unspecified atom stereocenters. The number of carbonyl (C=O) groups is 1. The van der Waals surface area contributed by atoms with Crippen LogP contribution in [-0.4, -0.2) is 27.8 Å². The van der Waals surface area contributed by atoms with Crippen LogP contribution in [0.1, 0.15) is 23.3 Å². The third-order valence-corrected chi connectivity index (χ3v) is 2.85. The molecule has 100 valence electrons. The summed E-state index contributed by atoms with van der Waals surface area (Å²) in [5, 5.41) is 14.8. The lowest BCUT2D eigenvalue weighted by Gasteiger charge is -2.10. The van der Waals surface area contributed by atoms with Crippen LogP contribution in [-0.2, 0) is 11.3 Å². The summed E-state index contributed by atoms with van der Waals surface area (Å²) in [6.45, 7) is 0.350. The van der Waals surface area contributed by atoms with Gasteiger partial charge in [0.1, 0.15) is 6.20 Å². The Kier molecular flexibility index (Phi) is 3.74. The number of esters is 1. The number of carbonyl (C=O) groups excluding carboxylic acids is 1. The number of aromatic nitrogens is 2. The Balaban J connectivity index is 2.34. The minimum absolute atomic E-state index is 0.122. The summed E-state index contributed by atoms with van der Waals surface area (Å²) in [6.07, 6.45) is 8.74. The normalized spacial score (nSPS) is 14.1. The van der Waals surface area contributed by atoms with Crippen LogP contribution in [0.25, 0.3) is 0 Å². The van der Waals surface area contributed by atoms with E-state index in [4.69, 9.17) is 0 Å². The molecule has 1 heterocycles. The van der Waals surface area contributed by atoms with Gasteiger partial charge in [-0.3, -0.25) is 10.1 Å². The Bertz CT molecular complexity index is 572. The molecule has 1 aromatic rings. The predicted octanol–water partition coefficient (Wildman–Crippen LogP) is 1.85. The number of rotatable bonds is 4. The quantitative estimate of drug-likeness (QED) is 0.470. The van der Waals surface area contributed by atoms with Gasteiger partial charge in [-0.2, -0.15) is 5.10 Å². The first-order valence-corrected chi connectivity index (χ1v) is 5.76. The van der Waals surface area contributed by atoms with Gasteiger partial charge in [-0.15, -0.1) is 0 Å². The highest BCUT2D eigenvalue weighted by Gasteiger charge is 2.27. The Morgan fingerprint density at radius 3 is 3.00 bits per heavy atom. The average Bonchev–Trinajstić information content (AvgIpc) is 2.83. The molecule has 0 amide bonds. The monoisotopic (exact) mass is 263 g/mol. The van der Waals surface area contributed by atoms with Crippen molar-refractivity contribution in [2.75, 3.05) is 7.11 Å². The molecule has 0 radical (unpaired) electrons. The number of ether oxygens (including phenoxy) is 1. The van der Waals surface area contributed by atoms with Gasteiger partial charge in [0.15, 0.2) is 0 Å². The Morgan fingerprint density at radius 2 is 2.42 bits per heavy atom. The topological polar surface area (TPSA) is 87.3 Å². The summed E-state index contributed by atoms with van der Waals surface area (Å²) in [5.41, 5.74) is 0.604. The lowest BCUT2D eigenvalue weighted by Crippen LogP contribution is -2.15. The van der Waals surface area contributed by atoms with Gasteiger partial charge >= 0.3 is 11.7 Å². The lowest BCUT2D eigenvalue weighted by molar-refractivity contribution is -0.385. The SMILES string of the molecule is COC(=O)c1c([N+](=O)[O-])cnn1CC1=CC=CCC1. The van der Waals surface area contributed by atoms with Crippen molar-refractivity contribution >= 4 is 11.7 Å². The van der Waals surface area contributed by atoms with Crippen molar-refractivity contribution in [3.8, 4) is 0 Å². The molecule has 0 fully saturated rings. The smallest absolute Gasteiger partial charge is 0.363 e. The van der Waals surface area contributed by atoms with Gasteiger partial charge < -0.3 is 4.74 Å². The van der Waals surface area contributed by atoms with Gasteiger partial charge in [-0.25, -0.2) is 9.48 Å². The highest BCUT2D eigenvalue weighted by molar-refractivity contribution is 5.91. The van der Waals surface area contributed by atoms with Crippen LogP contribution in [0.5, 0.6) is 0 Å². The van der Waals surface area contributed by atoms with Crippen LogP contribution >= 0.6 is 0 Å². The van der Waals surface area contributed by atoms with Crippen molar-refractivity contribution in [1.82, 2.24) is 9.78 Å². The second kappa shape index (κ2) is 5.47. The van der Waals surface area contributed by atoms with E-state index in [1.807, 2.05) is 18.2 Å². The minimum Gasteiger partial charge on any atom is -0.464 e. The molecule has 7 nitrogen and oxygen atoms in total. The summed E-state index contributed by atoms with van der Waals surface area (Å²) in [4.78, 5) is 21.9. The van der Waals surface area contributed by atoms with E-state index in [0.29, 0.717) is 6.54 Å². The van der Waals surface area contributed by atoms with Gasteiger partial charge in [0, 0.05) is 0 Å². The first-order chi connectivity index (χ1) is 9.13. The third kappa shape index (κ3) is 2.70. The third-order valence-electron chi connectivity index (χ3n) is 2.85. The first-order valence-electron chi connectivity index (χ1n) is 5.76. The fraction of sp³-hybridized carbons (Fsp3) is 0.333. The molecule has 0 bridgehead atoms. The maximum absolute atomic E-state index is 11.6. The van der Waals surface area contributed by atoms with E-state index < -0.39 is 10.9 Å². The van der Waals surface area contributed by atoms with E-state index in [9.17, 15) is 14.9 Å². The number of nitro groups is 1. The molecule has 1 aliphatic rings. The van der Waals surface area contributed by atoms with E-state index >= 15 is 0 Å².